The molecular weight excluding hydrogens is 272 g/mol. The Hall–Kier alpha value is -1.23. The van der Waals surface area contributed by atoms with Gasteiger partial charge in [0.05, 0.1) is 5.56 Å². The molecule has 112 valence electrons. The molecule has 1 heterocycles. The number of carbonyl (C=O) groups is 1. The molecule has 1 aromatic heterocycles. The second kappa shape index (κ2) is 7.53. The molecule has 0 saturated heterocycles. The predicted molar refractivity (Wildman–Crippen MR) is 86.0 cm³/mol. The summed E-state index contributed by atoms with van der Waals surface area (Å²) in [6.07, 6.45) is 4.31. The van der Waals surface area contributed by atoms with Crippen molar-refractivity contribution < 1.29 is 9.90 Å². The number of hydrogen-bond donors (Lipinski definition) is 2. The highest BCUT2D eigenvalue weighted by Gasteiger charge is 2.18. The van der Waals surface area contributed by atoms with Crippen LogP contribution in [0.3, 0.4) is 0 Å². The average Bonchev–Trinajstić information content (AvgIpc) is 2.37. The van der Waals surface area contributed by atoms with Crippen molar-refractivity contribution in [3.05, 3.63) is 23.4 Å². The van der Waals surface area contributed by atoms with E-state index in [-0.39, 0.29) is 11.0 Å². The van der Waals surface area contributed by atoms with E-state index < -0.39 is 5.97 Å². The van der Waals surface area contributed by atoms with Crippen molar-refractivity contribution in [2.45, 2.75) is 39.0 Å². The lowest BCUT2D eigenvalue weighted by atomic mass is 9.91. The van der Waals surface area contributed by atoms with E-state index in [0.717, 1.165) is 30.8 Å². The summed E-state index contributed by atoms with van der Waals surface area (Å²) in [5, 5.41) is 12.4. The summed E-state index contributed by atoms with van der Waals surface area (Å²) < 4.78 is 0. The van der Waals surface area contributed by atoms with Crippen LogP contribution in [0.4, 0.5) is 5.82 Å². The molecule has 0 unspecified atom stereocenters. The van der Waals surface area contributed by atoms with E-state index in [0.29, 0.717) is 5.82 Å². The first-order valence-corrected chi connectivity index (χ1v) is 8.22. The second-order valence-electron chi connectivity index (χ2n) is 5.81. The molecule has 5 heteroatoms. The molecule has 0 bridgehead atoms. The minimum absolute atomic E-state index is 0.166. The van der Waals surface area contributed by atoms with Gasteiger partial charge >= 0.3 is 5.97 Å². The number of carboxylic acid groups (broad SMARTS) is 1. The second-order valence-corrected chi connectivity index (χ2v) is 6.79. The SMILES string of the molecule is CSCCCCNc1cc(C(=O)O)cc(C(C)(C)C)n1. The standard InChI is InChI=1S/C15H24N2O2S/c1-15(2,3)12-9-11(14(18)19)10-13(17-12)16-7-5-6-8-20-4/h9-10H,5-8H2,1-4H3,(H,16,17)(H,18,19). The van der Waals surface area contributed by atoms with Crippen LogP contribution < -0.4 is 5.32 Å². The van der Waals surface area contributed by atoms with Crippen LogP contribution in [0.25, 0.3) is 0 Å². The molecule has 1 aromatic rings. The Kier molecular flexibility index (Phi) is 6.33. The van der Waals surface area contributed by atoms with Gasteiger partial charge in [0, 0.05) is 17.7 Å². The van der Waals surface area contributed by atoms with Crippen LogP contribution in [-0.4, -0.2) is 34.6 Å². The predicted octanol–water partition coefficient (Wildman–Crippen LogP) is 3.63. The van der Waals surface area contributed by atoms with Gasteiger partial charge in [-0.1, -0.05) is 20.8 Å². The zero-order valence-corrected chi connectivity index (χ0v) is 13.5. The Balaban J connectivity index is 2.79. The molecule has 0 spiro atoms. The summed E-state index contributed by atoms with van der Waals surface area (Å²) in [5.41, 5.74) is 0.918. The summed E-state index contributed by atoms with van der Waals surface area (Å²) in [6.45, 7) is 6.91. The largest absolute Gasteiger partial charge is 0.478 e. The lowest BCUT2D eigenvalue weighted by Crippen LogP contribution is -2.17. The summed E-state index contributed by atoms with van der Waals surface area (Å²) >= 11 is 1.84. The number of carboxylic acids is 1. The molecule has 0 amide bonds. The van der Waals surface area contributed by atoms with Crippen LogP contribution in [0.1, 0.15) is 49.7 Å². The van der Waals surface area contributed by atoms with Crippen LogP contribution in [0.2, 0.25) is 0 Å². The number of thioether (sulfide) groups is 1. The quantitative estimate of drug-likeness (QED) is 0.752. The van der Waals surface area contributed by atoms with Crippen molar-refractivity contribution in [1.82, 2.24) is 4.98 Å². The molecule has 0 radical (unpaired) electrons. The van der Waals surface area contributed by atoms with Gasteiger partial charge in [-0.05, 0) is 37.0 Å². The lowest BCUT2D eigenvalue weighted by molar-refractivity contribution is 0.0696. The zero-order chi connectivity index (χ0) is 15.2. The van der Waals surface area contributed by atoms with Crippen molar-refractivity contribution in [3.63, 3.8) is 0 Å². The van der Waals surface area contributed by atoms with Crippen LogP contribution in [-0.2, 0) is 5.41 Å². The molecular formula is C15H24N2O2S. The number of aromatic carboxylic acids is 1. The molecule has 0 saturated carbocycles. The van der Waals surface area contributed by atoms with E-state index in [4.69, 9.17) is 0 Å². The van der Waals surface area contributed by atoms with Gasteiger partial charge in [0.25, 0.3) is 0 Å². The molecule has 0 aliphatic rings. The van der Waals surface area contributed by atoms with E-state index in [1.165, 1.54) is 0 Å². The fourth-order valence-corrected chi connectivity index (χ4v) is 2.21. The third-order valence-corrected chi connectivity index (χ3v) is 3.62. The van der Waals surface area contributed by atoms with Crippen LogP contribution in [0.5, 0.6) is 0 Å². The van der Waals surface area contributed by atoms with Gasteiger partial charge in [-0.25, -0.2) is 9.78 Å². The average molecular weight is 296 g/mol. The Labute approximate surface area is 125 Å². The summed E-state index contributed by atoms with van der Waals surface area (Å²) in [6, 6.07) is 3.26. The van der Waals surface area contributed by atoms with Gasteiger partial charge in [-0.3, -0.25) is 0 Å². The van der Waals surface area contributed by atoms with Gasteiger partial charge in [0.2, 0.25) is 0 Å². The van der Waals surface area contributed by atoms with Crippen molar-refractivity contribution in [1.29, 1.82) is 0 Å². The first-order valence-electron chi connectivity index (χ1n) is 6.83. The highest BCUT2D eigenvalue weighted by atomic mass is 32.2. The van der Waals surface area contributed by atoms with E-state index in [9.17, 15) is 9.90 Å². The normalized spacial score (nSPS) is 11.4. The number of aromatic nitrogens is 1. The number of anilines is 1. The number of nitrogens with zero attached hydrogens (tertiary/aromatic N) is 1. The van der Waals surface area contributed by atoms with E-state index in [1.54, 1.807) is 12.1 Å². The number of nitrogens with one attached hydrogen (secondary N) is 1. The molecule has 2 N–H and O–H groups in total. The lowest BCUT2D eigenvalue weighted by Gasteiger charge is -2.19. The van der Waals surface area contributed by atoms with Crippen molar-refractivity contribution in [2.24, 2.45) is 0 Å². The van der Waals surface area contributed by atoms with Crippen molar-refractivity contribution in [2.75, 3.05) is 23.9 Å². The highest BCUT2D eigenvalue weighted by Crippen LogP contribution is 2.23. The molecule has 20 heavy (non-hydrogen) atoms. The third-order valence-electron chi connectivity index (χ3n) is 2.92. The van der Waals surface area contributed by atoms with Crippen LogP contribution in [0.15, 0.2) is 12.1 Å². The summed E-state index contributed by atoms with van der Waals surface area (Å²) in [7, 11) is 0. The Morgan fingerprint density at radius 2 is 2.05 bits per heavy atom. The third kappa shape index (κ3) is 5.41. The van der Waals surface area contributed by atoms with Gasteiger partial charge in [0.15, 0.2) is 0 Å². The summed E-state index contributed by atoms with van der Waals surface area (Å²) in [5.74, 6) is 0.889. The molecule has 0 fully saturated rings. The maximum Gasteiger partial charge on any atom is 0.335 e. The van der Waals surface area contributed by atoms with Gasteiger partial charge in [-0.2, -0.15) is 11.8 Å². The molecule has 1 rings (SSSR count). The Morgan fingerprint density at radius 1 is 1.35 bits per heavy atom. The first kappa shape index (κ1) is 16.8. The maximum atomic E-state index is 11.2. The molecule has 0 aliphatic carbocycles. The van der Waals surface area contributed by atoms with Crippen LogP contribution >= 0.6 is 11.8 Å². The molecule has 0 aliphatic heterocycles. The fourth-order valence-electron chi connectivity index (χ4n) is 1.72. The number of hydrogen-bond acceptors (Lipinski definition) is 4. The number of rotatable bonds is 7. The minimum atomic E-state index is -0.914. The topological polar surface area (TPSA) is 62.2 Å². The number of unbranched alkanes of at least 4 members (excludes halogenated alkanes) is 1. The molecule has 0 atom stereocenters. The van der Waals surface area contributed by atoms with Gasteiger partial charge < -0.3 is 10.4 Å². The van der Waals surface area contributed by atoms with Gasteiger partial charge in [-0.15, -0.1) is 0 Å². The van der Waals surface area contributed by atoms with E-state index in [1.807, 2.05) is 32.5 Å². The maximum absolute atomic E-state index is 11.2. The van der Waals surface area contributed by atoms with E-state index in [2.05, 4.69) is 16.6 Å². The van der Waals surface area contributed by atoms with Crippen molar-refractivity contribution >= 4 is 23.5 Å². The monoisotopic (exact) mass is 296 g/mol. The summed E-state index contributed by atoms with van der Waals surface area (Å²) in [4.78, 5) is 15.7. The zero-order valence-electron chi connectivity index (χ0n) is 12.7. The molecule has 0 aromatic carbocycles. The Morgan fingerprint density at radius 3 is 2.60 bits per heavy atom. The van der Waals surface area contributed by atoms with Crippen molar-refractivity contribution in [3.8, 4) is 0 Å². The highest BCUT2D eigenvalue weighted by molar-refractivity contribution is 7.98. The smallest absolute Gasteiger partial charge is 0.335 e. The Bertz CT molecular complexity index is 456. The minimum Gasteiger partial charge on any atom is -0.478 e. The van der Waals surface area contributed by atoms with E-state index >= 15 is 0 Å². The van der Waals surface area contributed by atoms with Gasteiger partial charge in [0.1, 0.15) is 5.82 Å². The molecule has 4 nitrogen and oxygen atoms in total. The fraction of sp³-hybridized carbons (Fsp3) is 0.600. The van der Waals surface area contributed by atoms with Crippen LogP contribution in [0, 0.1) is 0 Å². The first-order chi connectivity index (χ1) is 9.34. The number of pyridine rings is 1.